The molecule has 0 aliphatic carbocycles. The summed E-state index contributed by atoms with van der Waals surface area (Å²) in [5, 5.41) is 2.89. The topological polar surface area (TPSA) is 45.2 Å². The van der Waals surface area contributed by atoms with E-state index in [-0.39, 0.29) is 5.91 Å². The lowest BCUT2D eigenvalue weighted by Gasteiger charge is -2.28. The van der Waals surface area contributed by atoms with Gasteiger partial charge in [0.1, 0.15) is 5.69 Å². The average Bonchev–Trinajstić information content (AvgIpc) is 2.63. The molecule has 4 nitrogen and oxygen atoms in total. The first-order chi connectivity index (χ1) is 11.7. The first-order valence-corrected chi connectivity index (χ1v) is 8.70. The molecule has 4 heteroatoms. The number of hydrogen-bond donors (Lipinski definition) is 1. The van der Waals surface area contributed by atoms with Crippen molar-refractivity contribution in [3.8, 4) is 0 Å². The number of likely N-dealkylation sites (tertiary alicyclic amines) is 1. The van der Waals surface area contributed by atoms with E-state index >= 15 is 0 Å². The first-order valence-electron chi connectivity index (χ1n) is 8.70. The predicted octanol–water partition coefficient (Wildman–Crippen LogP) is 3.61. The molecule has 1 N–H and O–H groups in total. The van der Waals surface area contributed by atoms with E-state index in [1.165, 1.54) is 37.9 Å². The van der Waals surface area contributed by atoms with Gasteiger partial charge in [0.15, 0.2) is 0 Å². The van der Waals surface area contributed by atoms with E-state index in [2.05, 4.69) is 34.4 Å². The summed E-state index contributed by atoms with van der Waals surface area (Å²) < 4.78 is 0. The first kappa shape index (κ1) is 16.7. The van der Waals surface area contributed by atoms with Crippen molar-refractivity contribution >= 4 is 11.6 Å². The molecule has 1 aliphatic rings. The van der Waals surface area contributed by atoms with Crippen LogP contribution in [0.4, 0.5) is 5.69 Å². The second-order valence-corrected chi connectivity index (χ2v) is 6.65. The zero-order valence-corrected chi connectivity index (χ0v) is 14.2. The molecular formula is C20H25N3O. The maximum absolute atomic E-state index is 12.1. The Morgan fingerprint density at radius 3 is 2.58 bits per heavy atom. The average molecular weight is 323 g/mol. The Hall–Kier alpha value is -2.20. The zero-order valence-electron chi connectivity index (χ0n) is 14.2. The van der Waals surface area contributed by atoms with Crippen LogP contribution in [0.3, 0.4) is 0 Å². The van der Waals surface area contributed by atoms with Gasteiger partial charge in [-0.15, -0.1) is 0 Å². The van der Waals surface area contributed by atoms with E-state index < -0.39 is 0 Å². The fraction of sp³-hybridized carbons (Fsp3) is 0.400. The lowest BCUT2D eigenvalue weighted by molar-refractivity contribution is 0.102. The summed E-state index contributed by atoms with van der Waals surface area (Å²) in [4.78, 5) is 18.6. The number of aryl methyl sites for hydroxylation is 1. The molecule has 0 saturated carbocycles. The number of nitrogens with zero attached hydrogens (tertiary/aromatic N) is 2. The monoisotopic (exact) mass is 323 g/mol. The van der Waals surface area contributed by atoms with Crippen molar-refractivity contribution in [3.63, 3.8) is 0 Å². The zero-order chi connectivity index (χ0) is 16.8. The molecule has 0 unspecified atom stereocenters. The highest BCUT2D eigenvalue weighted by molar-refractivity contribution is 6.02. The number of carbonyl (C=O) groups excluding carboxylic acids is 1. The molecule has 0 radical (unpaired) electrons. The second-order valence-electron chi connectivity index (χ2n) is 6.65. The number of hydrogen-bond acceptors (Lipinski definition) is 3. The van der Waals surface area contributed by atoms with Crippen LogP contribution in [-0.4, -0.2) is 35.9 Å². The number of pyridine rings is 1. The highest BCUT2D eigenvalue weighted by atomic mass is 16.1. The summed E-state index contributed by atoms with van der Waals surface area (Å²) in [6.07, 6.45) is 6.63. The number of amides is 1. The van der Waals surface area contributed by atoms with Crippen molar-refractivity contribution in [2.75, 3.05) is 25.5 Å². The summed E-state index contributed by atoms with van der Waals surface area (Å²) >= 11 is 0. The predicted molar refractivity (Wildman–Crippen MR) is 97.2 cm³/mol. The van der Waals surface area contributed by atoms with Crippen molar-refractivity contribution in [1.82, 2.24) is 9.88 Å². The molecule has 24 heavy (non-hydrogen) atoms. The molecule has 0 atom stereocenters. The second kappa shape index (κ2) is 8.06. The van der Waals surface area contributed by atoms with Gasteiger partial charge in [0.25, 0.3) is 5.91 Å². The van der Waals surface area contributed by atoms with Gasteiger partial charge in [0.2, 0.25) is 0 Å². The third kappa shape index (κ3) is 4.65. The van der Waals surface area contributed by atoms with Crippen molar-refractivity contribution in [1.29, 1.82) is 0 Å². The number of benzene rings is 1. The van der Waals surface area contributed by atoms with Gasteiger partial charge in [-0.2, -0.15) is 0 Å². The molecule has 1 aromatic heterocycles. The van der Waals surface area contributed by atoms with Gasteiger partial charge >= 0.3 is 0 Å². The van der Waals surface area contributed by atoms with Gasteiger partial charge in [0, 0.05) is 11.9 Å². The number of aromatic nitrogens is 1. The van der Waals surface area contributed by atoms with Crippen molar-refractivity contribution in [2.24, 2.45) is 5.92 Å². The molecule has 126 valence electrons. The van der Waals surface area contributed by atoms with E-state index in [1.807, 2.05) is 18.2 Å². The van der Waals surface area contributed by atoms with Crippen LogP contribution >= 0.6 is 0 Å². The molecular weight excluding hydrogens is 298 g/mol. The third-order valence-corrected chi connectivity index (χ3v) is 4.79. The smallest absolute Gasteiger partial charge is 0.274 e. The van der Waals surface area contributed by atoms with Crippen molar-refractivity contribution in [2.45, 2.75) is 25.7 Å². The van der Waals surface area contributed by atoms with Crippen LogP contribution in [0, 0.1) is 5.92 Å². The number of nitrogens with one attached hydrogen (secondary N) is 1. The molecule has 0 bridgehead atoms. The Bertz CT molecular complexity index is 646. The minimum absolute atomic E-state index is 0.172. The molecule has 3 rings (SSSR count). The van der Waals surface area contributed by atoms with E-state index in [1.54, 1.807) is 18.3 Å². The van der Waals surface area contributed by atoms with Crippen LogP contribution in [0.2, 0.25) is 0 Å². The lowest BCUT2D eigenvalue weighted by Crippen LogP contribution is -2.30. The van der Waals surface area contributed by atoms with E-state index in [4.69, 9.17) is 0 Å². The molecule has 1 aromatic carbocycles. The van der Waals surface area contributed by atoms with Crippen LogP contribution in [0.15, 0.2) is 48.7 Å². The molecule has 2 aromatic rings. The van der Waals surface area contributed by atoms with Gasteiger partial charge in [-0.05, 0) is 81.6 Å². The molecule has 1 amide bonds. The molecule has 0 spiro atoms. The van der Waals surface area contributed by atoms with E-state index in [0.29, 0.717) is 5.69 Å². The maximum Gasteiger partial charge on any atom is 0.274 e. The Kier molecular flexibility index (Phi) is 5.59. The van der Waals surface area contributed by atoms with Crippen LogP contribution in [0.5, 0.6) is 0 Å². The van der Waals surface area contributed by atoms with Gasteiger partial charge in [-0.1, -0.05) is 18.2 Å². The van der Waals surface area contributed by atoms with Crippen LogP contribution in [-0.2, 0) is 6.42 Å². The molecule has 1 fully saturated rings. The van der Waals surface area contributed by atoms with Crippen molar-refractivity contribution < 1.29 is 4.79 Å². The van der Waals surface area contributed by atoms with Gasteiger partial charge in [0.05, 0.1) is 0 Å². The molecule has 2 heterocycles. The SMILES string of the molecule is CN1CCC(CCc2ccc(NC(=O)c3ccccn3)cc2)CC1. The largest absolute Gasteiger partial charge is 0.321 e. The standard InChI is InChI=1S/C20H25N3O/c1-23-14-11-17(12-15-23)6-5-16-7-9-18(10-8-16)22-20(24)19-4-2-3-13-21-19/h2-4,7-10,13,17H,5-6,11-12,14-15H2,1H3,(H,22,24). The van der Waals surface area contributed by atoms with Gasteiger partial charge < -0.3 is 10.2 Å². The van der Waals surface area contributed by atoms with Gasteiger partial charge in [-0.25, -0.2) is 0 Å². The Balaban J connectivity index is 1.49. The highest BCUT2D eigenvalue weighted by Gasteiger charge is 2.16. The Labute approximate surface area is 143 Å². The maximum atomic E-state index is 12.1. The summed E-state index contributed by atoms with van der Waals surface area (Å²) in [5.74, 6) is 0.680. The van der Waals surface area contributed by atoms with Crippen LogP contribution < -0.4 is 5.32 Å². The minimum Gasteiger partial charge on any atom is -0.321 e. The molecule has 1 aliphatic heterocycles. The summed E-state index contributed by atoms with van der Waals surface area (Å²) in [6, 6.07) is 13.5. The number of rotatable bonds is 5. The minimum atomic E-state index is -0.172. The van der Waals surface area contributed by atoms with E-state index in [0.717, 1.165) is 18.0 Å². The third-order valence-electron chi connectivity index (χ3n) is 4.79. The quantitative estimate of drug-likeness (QED) is 0.914. The fourth-order valence-corrected chi connectivity index (χ4v) is 3.17. The Morgan fingerprint density at radius 2 is 1.92 bits per heavy atom. The summed E-state index contributed by atoms with van der Waals surface area (Å²) in [5.41, 5.74) is 2.59. The Morgan fingerprint density at radius 1 is 1.17 bits per heavy atom. The van der Waals surface area contributed by atoms with E-state index in [9.17, 15) is 4.79 Å². The highest BCUT2D eigenvalue weighted by Crippen LogP contribution is 2.22. The number of piperidine rings is 1. The fourth-order valence-electron chi connectivity index (χ4n) is 3.17. The van der Waals surface area contributed by atoms with Crippen LogP contribution in [0.25, 0.3) is 0 Å². The van der Waals surface area contributed by atoms with Gasteiger partial charge in [-0.3, -0.25) is 9.78 Å². The summed E-state index contributed by atoms with van der Waals surface area (Å²) in [7, 11) is 2.20. The van der Waals surface area contributed by atoms with Crippen molar-refractivity contribution in [3.05, 3.63) is 59.9 Å². The summed E-state index contributed by atoms with van der Waals surface area (Å²) in [6.45, 7) is 2.45. The molecule has 1 saturated heterocycles. The lowest BCUT2D eigenvalue weighted by atomic mass is 9.91. The number of carbonyl (C=O) groups is 1. The normalized spacial score (nSPS) is 16.0. The van der Waals surface area contributed by atoms with Crippen LogP contribution in [0.1, 0.15) is 35.3 Å². The number of anilines is 1.